The van der Waals surface area contributed by atoms with Crippen molar-refractivity contribution in [2.45, 2.75) is 13.8 Å². The highest BCUT2D eigenvalue weighted by molar-refractivity contribution is 9.10. The summed E-state index contributed by atoms with van der Waals surface area (Å²) in [4.78, 5) is 21.6. The molecule has 0 saturated carbocycles. The second-order valence-electron chi connectivity index (χ2n) is 3.17. The van der Waals surface area contributed by atoms with Crippen molar-refractivity contribution in [3.8, 4) is 0 Å². The second kappa shape index (κ2) is 6.42. The molecule has 1 heterocycles. The zero-order valence-electron chi connectivity index (χ0n) is 9.40. The van der Waals surface area contributed by atoms with E-state index >= 15 is 0 Å². The van der Waals surface area contributed by atoms with E-state index in [1.807, 2.05) is 18.7 Å². The van der Waals surface area contributed by atoms with E-state index in [1.54, 1.807) is 12.4 Å². The number of carbonyl (C=O) groups excluding carboxylic acids is 1. The van der Waals surface area contributed by atoms with Crippen molar-refractivity contribution in [3.63, 3.8) is 0 Å². The maximum atomic E-state index is 11.4. The lowest BCUT2D eigenvalue weighted by Gasteiger charge is -2.19. The van der Waals surface area contributed by atoms with Gasteiger partial charge >= 0.3 is 0 Å². The van der Waals surface area contributed by atoms with Crippen LogP contribution in [-0.2, 0) is 4.79 Å². The highest BCUT2D eigenvalue weighted by Gasteiger charge is 2.11. The van der Waals surface area contributed by atoms with E-state index in [1.165, 1.54) is 0 Å². The lowest BCUT2D eigenvalue weighted by atomic mass is 10.4. The van der Waals surface area contributed by atoms with Crippen molar-refractivity contribution >= 4 is 27.8 Å². The van der Waals surface area contributed by atoms with Gasteiger partial charge in [-0.05, 0) is 29.8 Å². The third-order valence-corrected chi connectivity index (χ3v) is 2.39. The monoisotopic (exact) mass is 286 g/mol. The van der Waals surface area contributed by atoms with Gasteiger partial charge in [0.05, 0.1) is 11.0 Å². The molecule has 0 fully saturated rings. The first-order chi connectivity index (χ1) is 7.67. The largest absolute Gasteiger partial charge is 0.355 e. The van der Waals surface area contributed by atoms with Gasteiger partial charge in [0.2, 0.25) is 11.9 Å². The molecule has 88 valence electrons. The Morgan fingerprint density at radius 3 is 2.56 bits per heavy atom. The van der Waals surface area contributed by atoms with Crippen molar-refractivity contribution in [1.82, 2.24) is 15.3 Å². The average molecular weight is 287 g/mol. The van der Waals surface area contributed by atoms with Gasteiger partial charge in [-0.25, -0.2) is 9.97 Å². The van der Waals surface area contributed by atoms with Crippen molar-refractivity contribution in [1.29, 1.82) is 0 Å². The number of carbonyl (C=O) groups is 1. The molecular formula is C10H15BrN4O. The molecule has 1 N–H and O–H groups in total. The van der Waals surface area contributed by atoms with E-state index in [-0.39, 0.29) is 12.5 Å². The summed E-state index contributed by atoms with van der Waals surface area (Å²) in [6, 6.07) is 0. The zero-order chi connectivity index (χ0) is 12.0. The van der Waals surface area contributed by atoms with Crippen LogP contribution in [0.4, 0.5) is 5.95 Å². The molecule has 1 rings (SSSR count). The fraction of sp³-hybridized carbons (Fsp3) is 0.500. The Kier molecular flexibility index (Phi) is 5.18. The summed E-state index contributed by atoms with van der Waals surface area (Å²) in [7, 11) is 0. The summed E-state index contributed by atoms with van der Waals surface area (Å²) in [5, 5.41) is 2.75. The van der Waals surface area contributed by atoms with Crippen LogP contribution in [0.2, 0.25) is 0 Å². The Morgan fingerprint density at radius 2 is 2.06 bits per heavy atom. The first-order valence-electron chi connectivity index (χ1n) is 5.16. The SMILES string of the molecule is CCNC(=O)CN(CC)c1ncc(Br)cn1. The Balaban J connectivity index is 2.67. The number of anilines is 1. The summed E-state index contributed by atoms with van der Waals surface area (Å²) in [5.41, 5.74) is 0. The van der Waals surface area contributed by atoms with E-state index in [4.69, 9.17) is 0 Å². The van der Waals surface area contributed by atoms with Crippen molar-refractivity contribution in [2.24, 2.45) is 0 Å². The predicted octanol–water partition coefficient (Wildman–Crippen LogP) is 1.20. The quantitative estimate of drug-likeness (QED) is 0.884. The molecule has 6 heteroatoms. The molecule has 0 aromatic carbocycles. The molecule has 0 saturated heterocycles. The van der Waals surface area contributed by atoms with Gasteiger partial charge in [0.15, 0.2) is 0 Å². The Hall–Kier alpha value is -1.17. The third kappa shape index (κ3) is 3.77. The number of nitrogens with zero attached hydrogens (tertiary/aromatic N) is 3. The first-order valence-corrected chi connectivity index (χ1v) is 5.95. The van der Waals surface area contributed by atoms with E-state index in [9.17, 15) is 4.79 Å². The van der Waals surface area contributed by atoms with Crippen LogP contribution in [-0.4, -0.2) is 35.5 Å². The van der Waals surface area contributed by atoms with Gasteiger partial charge in [0, 0.05) is 25.5 Å². The number of hydrogen-bond donors (Lipinski definition) is 1. The molecule has 0 unspecified atom stereocenters. The van der Waals surface area contributed by atoms with Gasteiger partial charge in [0.1, 0.15) is 0 Å². The Bertz CT molecular complexity index is 341. The van der Waals surface area contributed by atoms with Crippen LogP contribution < -0.4 is 10.2 Å². The predicted molar refractivity (Wildman–Crippen MR) is 66.3 cm³/mol. The molecule has 1 aromatic rings. The summed E-state index contributed by atoms with van der Waals surface area (Å²) >= 11 is 3.27. The summed E-state index contributed by atoms with van der Waals surface area (Å²) in [5.74, 6) is 0.549. The van der Waals surface area contributed by atoms with E-state index in [0.717, 1.165) is 4.47 Å². The molecule has 16 heavy (non-hydrogen) atoms. The van der Waals surface area contributed by atoms with Crippen molar-refractivity contribution < 1.29 is 4.79 Å². The molecular weight excluding hydrogens is 272 g/mol. The standard InChI is InChI=1S/C10H15BrN4O/c1-3-12-9(16)7-15(4-2)10-13-5-8(11)6-14-10/h5-6H,3-4,7H2,1-2H3,(H,12,16). The van der Waals surface area contributed by atoms with Crippen LogP contribution in [0.15, 0.2) is 16.9 Å². The Labute approximate surface area is 103 Å². The number of nitrogens with one attached hydrogen (secondary N) is 1. The highest BCUT2D eigenvalue weighted by Crippen LogP contribution is 2.10. The normalized spacial score (nSPS) is 9.94. The van der Waals surface area contributed by atoms with Gasteiger partial charge in [-0.2, -0.15) is 0 Å². The molecule has 1 aromatic heterocycles. The average Bonchev–Trinajstić information content (AvgIpc) is 2.27. The fourth-order valence-corrected chi connectivity index (χ4v) is 1.42. The molecule has 1 amide bonds. The minimum atomic E-state index is -0.0177. The highest BCUT2D eigenvalue weighted by atomic mass is 79.9. The number of rotatable bonds is 5. The topological polar surface area (TPSA) is 58.1 Å². The van der Waals surface area contributed by atoms with Crippen LogP contribution in [0.5, 0.6) is 0 Å². The van der Waals surface area contributed by atoms with E-state index in [0.29, 0.717) is 19.0 Å². The smallest absolute Gasteiger partial charge is 0.239 e. The molecule has 0 bridgehead atoms. The second-order valence-corrected chi connectivity index (χ2v) is 4.08. The molecule has 5 nitrogen and oxygen atoms in total. The number of hydrogen-bond acceptors (Lipinski definition) is 4. The Morgan fingerprint density at radius 1 is 1.44 bits per heavy atom. The molecule has 0 atom stereocenters. The fourth-order valence-electron chi connectivity index (χ4n) is 1.22. The summed E-state index contributed by atoms with van der Waals surface area (Å²) in [6.07, 6.45) is 3.34. The van der Waals surface area contributed by atoms with Gasteiger partial charge in [-0.3, -0.25) is 4.79 Å². The van der Waals surface area contributed by atoms with Crippen LogP contribution in [0.3, 0.4) is 0 Å². The van der Waals surface area contributed by atoms with Crippen LogP contribution >= 0.6 is 15.9 Å². The molecule has 0 aliphatic rings. The summed E-state index contributed by atoms with van der Waals surface area (Å²) < 4.78 is 0.824. The maximum absolute atomic E-state index is 11.4. The van der Waals surface area contributed by atoms with Crippen molar-refractivity contribution in [2.75, 3.05) is 24.5 Å². The lowest BCUT2D eigenvalue weighted by Crippen LogP contribution is -2.37. The van der Waals surface area contributed by atoms with Crippen LogP contribution in [0.25, 0.3) is 0 Å². The number of likely N-dealkylation sites (N-methyl/N-ethyl adjacent to an activating group) is 2. The first kappa shape index (κ1) is 12.9. The third-order valence-electron chi connectivity index (χ3n) is 1.98. The lowest BCUT2D eigenvalue weighted by molar-refractivity contribution is -0.119. The summed E-state index contributed by atoms with van der Waals surface area (Å²) in [6.45, 7) is 5.47. The van der Waals surface area contributed by atoms with Crippen LogP contribution in [0, 0.1) is 0 Å². The minimum Gasteiger partial charge on any atom is -0.355 e. The maximum Gasteiger partial charge on any atom is 0.239 e. The molecule has 0 aliphatic carbocycles. The molecule has 0 spiro atoms. The van der Waals surface area contributed by atoms with Gasteiger partial charge in [-0.1, -0.05) is 0 Å². The van der Waals surface area contributed by atoms with Gasteiger partial charge in [0.25, 0.3) is 0 Å². The molecule has 0 aliphatic heterocycles. The minimum absolute atomic E-state index is 0.0177. The number of halogens is 1. The van der Waals surface area contributed by atoms with Crippen LogP contribution in [0.1, 0.15) is 13.8 Å². The van der Waals surface area contributed by atoms with Gasteiger partial charge in [-0.15, -0.1) is 0 Å². The van der Waals surface area contributed by atoms with E-state index in [2.05, 4.69) is 31.2 Å². The zero-order valence-corrected chi connectivity index (χ0v) is 11.0. The van der Waals surface area contributed by atoms with E-state index < -0.39 is 0 Å². The van der Waals surface area contributed by atoms with Crippen molar-refractivity contribution in [3.05, 3.63) is 16.9 Å². The number of aromatic nitrogens is 2. The molecule has 0 radical (unpaired) electrons. The van der Waals surface area contributed by atoms with Gasteiger partial charge < -0.3 is 10.2 Å². The number of amides is 1.